The normalized spacial score (nSPS) is 21.2. The minimum absolute atomic E-state index is 0.102. The molecular weight excluding hydrogens is 169 g/mol. The summed E-state index contributed by atoms with van der Waals surface area (Å²) in [6.45, 7) is 0.862. The van der Waals surface area contributed by atoms with Gasteiger partial charge in [-0.05, 0) is 24.6 Å². The van der Waals surface area contributed by atoms with Crippen LogP contribution in [0.25, 0.3) is 0 Å². The monoisotopic (exact) mass is 181 g/mol. The van der Waals surface area contributed by atoms with Gasteiger partial charge in [0.2, 0.25) is 0 Å². The van der Waals surface area contributed by atoms with Gasteiger partial charge in [0.25, 0.3) is 0 Å². The topological polar surface area (TPSA) is 32.3 Å². The second-order valence-electron chi connectivity index (χ2n) is 3.31. The van der Waals surface area contributed by atoms with E-state index in [-0.39, 0.29) is 18.5 Å². The Morgan fingerprint density at radius 2 is 2.31 bits per heavy atom. The van der Waals surface area contributed by atoms with Gasteiger partial charge in [-0.2, -0.15) is 0 Å². The van der Waals surface area contributed by atoms with Gasteiger partial charge in [0.1, 0.15) is 5.82 Å². The third kappa shape index (κ3) is 1.57. The molecule has 1 aromatic rings. The van der Waals surface area contributed by atoms with Crippen molar-refractivity contribution in [2.45, 2.75) is 19.1 Å². The van der Waals surface area contributed by atoms with E-state index in [1.807, 2.05) is 0 Å². The highest BCUT2D eigenvalue weighted by atomic mass is 19.1. The molecule has 0 unspecified atom stereocenters. The van der Waals surface area contributed by atoms with Crippen molar-refractivity contribution >= 4 is 0 Å². The van der Waals surface area contributed by atoms with Gasteiger partial charge in [0, 0.05) is 11.6 Å². The van der Waals surface area contributed by atoms with E-state index in [4.69, 9.17) is 5.11 Å². The van der Waals surface area contributed by atoms with E-state index in [0.29, 0.717) is 11.1 Å². The van der Waals surface area contributed by atoms with Crippen LogP contribution in [-0.2, 0) is 6.61 Å². The summed E-state index contributed by atoms with van der Waals surface area (Å²) in [4.78, 5) is 0. The van der Waals surface area contributed by atoms with Crippen molar-refractivity contribution < 1.29 is 9.50 Å². The molecule has 3 heteroatoms. The fraction of sp³-hybridized carbons (Fsp3) is 0.400. The van der Waals surface area contributed by atoms with Gasteiger partial charge < -0.3 is 10.4 Å². The van der Waals surface area contributed by atoms with Crippen LogP contribution in [0.2, 0.25) is 0 Å². The summed E-state index contributed by atoms with van der Waals surface area (Å²) in [6.07, 6.45) is 0.995. The SMILES string of the molecule is OCc1ccc([C@H]2CCN2)c(F)c1. The Bertz CT molecular complexity index is 310. The number of halogens is 1. The van der Waals surface area contributed by atoms with Crippen LogP contribution in [0.1, 0.15) is 23.6 Å². The molecule has 1 atom stereocenters. The first kappa shape index (κ1) is 8.66. The summed E-state index contributed by atoms with van der Waals surface area (Å²) in [5, 5.41) is 11.9. The van der Waals surface area contributed by atoms with Gasteiger partial charge in [-0.15, -0.1) is 0 Å². The average molecular weight is 181 g/mol. The molecule has 1 saturated heterocycles. The van der Waals surface area contributed by atoms with Gasteiger partial charge >= 0.3 is 0 Å². The lowest BCUT2D eigenvalue weighted by Gasteiger charge is -2.28. The predicted molar refractivity (Wildman–Crippen MR) is 47.7 cm³/mol. The largest absolute Gasteiger partial charge is 0.392 e. The second-order valence-corrected chi connectivity index (χ2v) is 3.31. The van der Waals surface area contributed by atoms with Crippen LogP contribution < -0.4 is 5.32 Å². The van der Waals surface area contributed by atoms with Gasteiger partial charge in [0.15, 0.2) is 0 Å². The summed E-state index contributed by atoms with van der Waals surface area (Å²) in [5.41, 5.74) is 1.34. The average Bonchev–Trinajstić information content (AvgIpc) is 2.05. The number of hydrogen-bond donors (Lipinski definition) is 2. The van der Waals surface area contributed by atoms with E-state index < -0.39 is 0 Å². The standard InChI is InChI=1S/C10H12FNO/c11-9-5-7(6-13)1-2-8(9)10-3-4-12-10/h1-2,5,10,12-13H,3-4,6H2/t10-/m1/s1. The van der Waals surface area contributed by atoms with E-state index in [1.165, 1.54) is 6.07 Å². The molecule has 0 aromatic heterocycles. The fourth-order valence-electron chi connectivity index (χ4n) is 1.51. The first-order chi connectivity index (χ1) is 6.31. The van der Waals surface area contributed by atoms with Gasteiger partial charge in [0.05, 0.1) is 6.61 Å². The molecule has 0 saturated carbocycles. The number of rotatable bonds is 2. The Kier molecular flexibility index (Phi) is 2.29. The maximum atomic E-state index is 13.4. The molecule has 0 aliphatic carbocycles. The van der Waals surface area contributed by atoms with Crippen molar-refractivity contribution in [3.63, 3.8) is 0 Å². The number of aliphatic hydroxyl groups is 1. The first-order valence-electron chi connectivity index (χ1n) is 4.44. The molecule has 70 valence electrons. The zero-order chi connectivity index (χ0) is 9.26. The van der Waals surface area contributed by atoms with Crippen LogP contribution >= 0.6 is 0 Å². The second kappa shape index (κ2) is 3.44. The highest BCUT2D eigenvalue weighted by Gasteiger charge is 2.21. The maximum absolute atomic E-state index is 13.4. The van der Waals surface area contributed by atoms with Gasteiger partial charge in [-0.1, -0.05) is 12.1 Å². The summed E-state index contributed by atoms with van der Waals surface area (Å²) in [5.74, 6) is -0.219. The number of hydrogen-bond acceptors (Lipinski definition) is 2. The smallest absolute Gasteiger partial charge is 0.128 e. The van der Waals surface area contributed by atoms with Gasteiger partial charge in [-0.25, -0.2) is 4.39 Å². The highest BCUT2D eigenvalue weighted by molar-refractivity contribution is 5.27. The molecule has 0 amide bonds. The van der Waals surface area contributed by atoms with E-state index in [2.05, 4.69) is 5.32 Å². The minimum atomic E-state index is -0.219. The van der Waals surface area contributed by atoms with Crippen molar-refractivity contribution in [3.05, 3.63) is 35.1 Å². The van der Waals surface area contributed by atoms with Crippen LogP contribution in [0.15, 0.2) is 18.2 Å². The highest BCUT2D eigenvalue weighted by Crippen LogP contribution is 2.25. The first-order valence-corrected chi connectivity index (χ1v) is 4.44. The summed E-state index contributed by atoms with van der Waals surface area (Å²) in [7, 11) is 0. The Labute approximate surface area is 76.4 Å². The van der Waals surface area contributed by atoms with E-state index in [1.54, 1.807) is 12.1 Å². The quantitative estimate of drug-likeness (QED) is 0.721. The van der Waals surface area contributed by atoms with Crippen molar-refractivity contribution in [2.75, 3.05) is 6.54 Å². The molecule has 2 nitrogen and oxygen atoms in total. The predicted octanol–water partition coefficient (Wildman–Crippen LogP) is 1.35. The van der Waals surface area contributed by atoms with E-state index >= 15 is 0 Å². The molecule has 2 rings (SSSR count). The van der Waals surface area contributed by atoms with E-state index in [0.717, 1.165) is 13.0 Å². The molecule has 1 fully saturated rings. The van der Waals surface area contributed by atoms with E-state index in [9.17, 15) is 4.39 Å². The molecular formula is C10H12FNO. The maximum Gasteiger partial charge on any atom is 0.128 e. The van der Waals surface area contributed by atoms with Crippen LogP contribution in [0.3, 0.4) is 0 Å². The molecule has 0 spiro atoms. The lowest BCUT2D eigenvalue weighted by atomic mass is 9.96. The van der Waals surface area contributed by atoms with Crippen LogP contribution in [0, 0.1) is 5.82 Å². The molecule has 1 aliphatic rings. The molecule has 1 aromatic carbocycles. The molecule has 0 bridgehead atoms. The van der Waals surface area contributed by atoms with Crippen molar-refractivity contribution in [1.82, 2.24) is 5.32 Å². The van der Waals surface area contributed by atoms with Crippen LogP contribution in [0.4, 0.5) is 4.39 Å². The summed E-state index contributed by atoms with van der Waals surface area (Å²) < 4.78 is 13.4. The Morgan fingerprint density at radius 3 is 2.77 bits per heavy atom. The Hall–Kier alpha value is -0.930. The van der Waals surface area contributed by atoms with Crippen LogP contribution in [-0.4, -0.2) is 11.7 Å². The number of aliphatic hydroxyl groups excluding tert-OH is 1. The molecule has 1 heterocycles. The molecule has 2 N–H and O–H groups in total. The number of nitrogens with one attached hydrogen (secondary N) is 1. The Balaban J connectivity index is 2.26. The lowest BCUT2D eigenvalue weighted by Crippen LogP contribution is -2.35. The van der Waals surface area contributed by atoms with Crippen molar-refractivity contribution in [1.29, 1.82) is 0 Å². The van der Waals surface area contributed by atoms with Crippen molar-refractivity contribution in [2.24, 2.45) is 0 Å². The van der Waals surface area contributed by atoms with Gasteiger partial charge in [-0.3, -0.25) is 0 Å². The summed E-state index contributed by atoms with van der Waals surface area (Å²) in [6, 6.07) is 5.08. The van der Waals surface area contributed by atoms with Crippen LogP contribution in [0.5, 0.6) is 0 Å². The third-order valence-corrected chi connectivity index (χ3v) is 2.45. The Morgan fingerprint density at radius 1 is 1.54 bits per heavy atom. The molecule has 1 aliphatic heterocycles. The lowest BCUT2D eigenvalue weighted by molar-refractivity contribution is 0.281. The summed E-state index contributed by atoms with van der Waals surface area (Å²) >= 11 is 0. The minimum Gasteiger partial charge on any atom is -0.392 e. The zero-order valence-corrected chi connectivity index (χ0v) is 7.26. The fourth-order valence-corrected chi connectivity index (χ4v) is 1.51. The third-order valence-electron chi connectivity index (χ3n) is 2.45. The zero-order valence-electron chi connectivity index (χ0n) is 7.26. The molecule has 13 heavy (non-hydrogen) atoms. The molecule has 0 radical (unpaired) electrons. The van der Waals surface area contributed by atoms with Crippen molar-refractivity contribution in [3.8, 4) is 0 Å². The number of benzene rings is 1.